The number of carbonyl (C=O) groups excluding carboxylic acids is 1. The molecule has 1 atom stereocenters. The van der Waals surface area contributed by atoms with Crippen molar-refractivity contribution in [3.63, 3.8) is 0 Å². The Labute approximate surface area is 144 Å². The molecule has 0 saturated heterocycles. The van der Waals surface area contributed by atoms with Gasteiger partial charge in [-0.3, -0.25) is 4.68 Å². The summed E-state index contributed by atoms with van der Waals surface area (Å²) in [6.45, 7) is 2.41. The number of nitrogens with one attached hydrogen (secondary N) is 2. The van der Waals surface area contributed by atoms with E-state index < -0.39 is 0 Å². The molecular weight excluding hydrogens is 322 g/mol. The molecule has 0 aliphatic carbocycles. The van der Waals surface area contributed by atoms with Crippen molar-refractivity contribution in [2.75, 3.05) is 0 Å². The number of thiazole rings is 1. The molecule has 0 fully saturated rings. The molecule has 2 N–H and O–H groups in total. The molecule has 7 heteroatoms. The summed E-state index contributed by atoms with van der Waals surface area (Å²) < 4.78 is 1.79. The predicted octanol–water partition coefficient (Wildman–Crippen LogP) is 2.77. The third-order valence-electron chi connectivity index (χ3n) is 3.88. The highest BCUT2D eigenvalue weighted by molar-refractivity contribution is 7.09. The highest BCUT2D eigenvalue weighted by Gasteiger charge is 2.19. The van der Waals surface area contributed by atoms with E-state index in [4.69, 9.17) is 0 Å². The zero-order valence-electron chi connectivity index (χ0n) is 13.6. The van der Waals surface area contributed by atoms with Crippen LogP contribution >= 0.6 is 11.3 Å². The summed E-state index contributed by atoms with van der Waals surface area (Å²) in [7, 11) is 1.88. The van der Waals surface area contributed by atoms with Gasteiger partial charge in [0.05, 0.1) is 6.20 Å². The number of amides is 2. The van der Waals surface area contributed by atoms with Gasteiger partial charge in [-0.2, -0.15) is 5.10 Å². The van der Waals surface area contributed by atoms with E-state index in [0.717, 1.165) is 21.8 Å². The third kappa shape index (κ3) is 3.62. The second-order valence-corrected chi connectivity index (χ2v) is 6.35. The van der Waals surface area contributed by atoms with Crippen LogP contribution in [0.15, 0.2) is 48.1 Å². The summed E-state index contributed by atoms with van der Waals surface area (Å²) >= 11 is 1.52. The van der Waals surface area contributed by atoms with Gasteiger partial charge < -0.3 is 10.6 Å². The Morgan fingerprint density at radius 3 is 2.75 bits per heavy atom. The SMILES string of the molecule is Cc1c(CNC(=O)N[C@@H](c2ccccc2)c2nccs2)cnn1C. The molecule has 3 rings (SSSR count). The Kier molecular flexibility index (Phi) is 4.90. The summed E-state index contributed by atoms with van der Waals surface area (Å²) in [5.74, 6) is 0. The average Bonchev–Trinajstić information content (AvgIpc) is 3.23. The molecule has 0 radical (unpaired) electrons. The van der Waals surface area contributed by atoms with Gasteiger partial charge in [0.15, 0.2) is 0 Å². The van der Waals surface area contributed by atoms with Gasteiger partial charge in [-0.1, -0.05) is 30.3 Å². The third-order valence-corrected chi connectivity index (χ3v) is 4.72. The largest absolute Gasteiger partial charge is 0.334 e. The van der Waals surface area contributed by atoms with Crippen LogP contribution in [0.2, 0.25) is 0 Å². The second kappa shape index (κ2) is 7.27. The number of rotatable bonds is 5. The molecule has 2 aromatic heterocycles. The van der Waals surface area contributed by atoms with E-state index in [0.29, 0.717) is 6.54 Å². The Morgan fingerprint density at radius 2 is 2.12 bits per heavy atom. The van der Waals surface area contributed by atoms with Crippen molar-refractivity contribution < 1.29 is 4.79 Å². The van der Waals surface area contributed by atoms with Gasteiger partial charge in [-0.25, -0.2) is 9.78 Å². The van der Waals surface area contributed by atoms with Crippen molar-refractivity contribution in [3.05, 3.63) is 69.9 Å². The van der Waals surface area contributed by atoms with Crippen LogP contribution in [0, 0.1) is 6.92 Å². The first-order valence-electron chi connectivity index (χ1n) is 7.61. The molecule has 0 unspecified atom stereocenters. The van der Waals surface area contributed by atoms with Crippen LogP contribution in [0.5, 0.6) is 0 Å². The van der Waals surface area contributed by atoms with Gasteiger partial charge in [0.25, 0.3) is 0 Å². The number of hydrogen-bond acceptors (Lipinski definition) is 4. The van der Waals surface area contributed by atoms with Crippen molar-refractivity contribution in [2.45, 2.75) is 19.5 Å². The van der Waals surface area contributed by atoms with E-state index in [9.17, 15) is 4.79 Å². The van der Waals surface area contributed by atoms with Gasteiger partial charge in [-0.05, 0) is 12.5 Å². The maximum absolute atomic E-state index is 12.3. The van der Waals surface area contributed by atoms with Crippen molar-refractivity contribution in [2.24, 2.45) is 7.05 Å². The average molecular weight is 341 g/mol. The van der Waals surface area contributed by atoms with E-state index >= 15 is 0 Å². The molecule has 2 amide bonds. The zero-order valence-corrected chi connectivity index (χ0v) is 14.4. The molecule has 3 aromatic rings. The van der Waals surface area contributed by atoms with Crippen molar-refractivity contribution in [3.8, 4) is 0 Å². The minimum Gasteiger partial charge on any atom is -0.334 e. The lowest BCUT2D eigenvalue weighted by Gasteiger charge is -2.17. The normalized spacial score (nSPS) is 11.9. The molecule has 124 valence electrons. The molecule has 6 nitrogen and oxygen atoms in total. The molecule has 0 aliphatic heterocycles. The molecular formula is C17H19N5OS. The lowest BCUT2D eigenvalue weighted by atomic mass is 10.1. The van der Waals surface area contributed by atoms with E-state index in [1.807, 2.05) is 49.7 Å². The van der Waals surface area contributed by atoms with Crippen LogP contribution in [-0.2, 0) is 13.6 Å². The fourth-order valence-corrected chi connectivity index (χ4v) is 3.10. The van der Waals surface area contributed by atoms with E-state index in [1.54, 1.807) is 17.1 Å². The maximum Gasteiger partial charge on any atom is 0.315 e. The van der Waals surface area contributed by atoms with Crippen LogP contribution in [0.4, 0.5) is 4.79 Å². The number of nitrogens with zero attached hydrogens (tertiary/aromatic N) is 3. The molecule has 0 saturated carbocycles. The predicted molar refractivity (Wildman–Crippen MR) is 93.7 cm³/mol. The number of hydrogen-bond donors (Lipinski definition) is 2. The maximum atomic E-state index is 12.3. The van der Waals surface area contributed by atoms with E-state index in [2.05, 4.69) is 20.7 Å². The molecule has 1 aromatic carbocycles. The topological polar surface area (TPSA) is 71.8 Å². The van der Waals surface area contributed by atoms with Gasteiger partial charge in [0.1, 0.15) is 11.0 Å². The Bertz CT molecular complexity index is 798. The van der Waals surface area contributed by atoms with Crippen LogP contribution in [0.3, 0.4) is 0 Å². The van der Waals surface area contributed by atoms with Crippen LogP contribution in [-0.4, -0.2) is 20.8 Å². The van der Waals surface area contributed by atoms with E-state index in [1.165, 1.54) is 11.3 Å². The molecule has 24 heavy (non-hydrogen) atoms. The lowest BCUT2D eigenvalue weighted by Crippen LogP contribution is -2.38. The standard InChI is InChI=1S/C17H19N5OS/c1-12-14(11-20-22(12)2)10-19-17(23)21-15(16-18-8-9-24-16)13-6-4-3-5-7-13/h3-9,11,15H,10H2,1-2H3,(H2,19,21,23)/t15-/m0/s1. The number of benzene rings is 1. The van der Waals surface area contributed by atoms with Crippen LogP contribution in [0.25, 0.3) is 0 Å². The van der Waals surface area contributed by atoms with Crippen molar-refractivity contribution in [1.29, 1.82) is 0 Å². The smallest absolute Gasteiger partial charge is 0.315 e. The van der Waals surface area contributed by atoms with Crippen LogP contribution < -0.4 is 10.6 Å². The van der Waals surface area contributed by atoms with Gasteiger partial charge in [0.2, 0.25) is 0 Å². The summed E-state index contributed by atoms with van der Waals surface area (Å²) in [4.78, 5) is 16.7. The lowest BCUT2D eigenvalue weighted by molar-refractivity contribution is 0.238. The molecule has 2 heterocycles. The molecule has 0 spiro atoms. The first-order valence-corrected chi connectivity index (χ1v) is 8.49. The first kappa shape index (κ1) is 16.2. The summed E-state index contributed by atoms with van der Waals surface area (Å²) in [6, 6.07) is 9.33. The van der Waals surface area contributed by atoms with Crippen molar-refractivity contribution in [1.82, 2.24) is 25.4 Å². The fraction of sp³-hybridized carbons (Fsp3) is 0.235. The Hall–Kier alpha value is -2.67. The number of carbonyl (C=O) groups is 1. The number of aryl methyl sites for hydroxylation is 1. The second-order valence-electron chi connectivity index (χ2n) is 5.42. The quantitative estimate of drug-likeness (QED) is 0.749. The molecule has 0 bridgehead atoms. The Morgan fingerprint density at radius 1 is 1.33 bits per heavy atom. The fourth-order valence-electron chi connectivity index (χ4n) is 2.39. The van der Waals surface area contributed by atoms with Gasteiger partial charge in [0, 0.05) is 36.4 Å². The molecule has 0 aliphatic rings. The summed E-state index contributed by atoms with van der Waals surface area (Å²) in [5.41, 5.74) is 3.04. The summed E-state index contributed by atoms with van der Waals surface area (Å²) in [6.07, 6.45) is 3.51. The van der Waals surface area contributed by atoms with E-state index in [-0.39, 0.29) is 12.1 Å². The minimum absolute atomic E-state index is 0.234. The Balaban J connectivity index is 1.69. The van der Waals surface area contributed by atoms with Crippen molar-refractivity contribution >= 4 is 17.4 Å². The number of aromatic nitrogens is 3. The van der Waals surface area contributed by atoms with Gasteiger partial charge >= 0.3 is 6.03 Å². The highest BCUT2D eigenvalue weighted by atomic mass is 32.1. The summed E-state index contributed by atoms with van der Waals surface area (Å²) in [5, 5.41) is 12.8. The first-order chi connectivity index (χ1) is 11.6. The number of urea groups is 1. The highest BCUT2D eigenvalue weighted by Crippen LogP contribution is 2.23. The minimum atomic E-state index is -0.263. The zero-order chi connectivity index (χ0) is 16.9. The van der Waals surface area contributed by atoms with Crippen LogP contribution in [0.1, 0.15) is 27.9 Å². The van der Waals surface area contributed by atoms with Gasteiger partial charge in [-0.15, -0.1) is 11.3 Å². The monoisotopic (exact) mass is 341 g/mol.